The minimum atomic E-state index is -0.272. The molecule has 0 aliphatic carbocycles. The van der Waals surface area contributed by atoms with Crippen LogP contribution in [0, 0.1) is 18.6 Å². The highest BCUT2D eigenvalue weighted by atomic mass is 79.9. The van der Waals surface area contributed by atoms with Gasteiger partial charge in [0, 0.05) is 11.7 Å². The van der Waals surface area contributed by atoms with Gasteiger partial charge in [0.1, 0.15) is 11.6 Å². The fourth-order valence-electron chi connectivity index (χ4n) is 2.14. The lowest BCUT2D eigenvalue weighted by atomic mass is 10.1. The summed E-state index contributed by atoms with van der Waals surface area (Å²) in [5.41, 5.74) is 2.66. The smallest absolute Gasteiger partial charge is 0.137 e. The van der Waals surface area contributed by atoms with Crippen molar-refractivity contribution in [2.24, 2.45) is 0 Å². The van der Waals surface area contributed by atoms with Crippen molar-refractivity contribution in [3.8, 4) is 0 Å². The number of aryl methyl sites for hydroxylation is 1. The number of anilines is 1. The molecule has 0 saturated heterocycles. The minimum Gasteiger partial charge on any atom is -0.382 e. The maximum absolute atomic E-state index is 13.4. The van der Waals surface area contributed by atoms with Crippen LogP contribution in [0.15, 0.2) is 40.9 Å². The molecule has 0 aliphatic heterocycles. The van der Waals surface area contributed by atoms with Gasteiger partial charge in [0.15, 0.2) is 0 Å². The molecule has 0 aromatic heterocycles. The summed E-state index contributed by atoms with van der Waals surface area (Å²) in [6, 6.07) is 9.90. The molecule has 0 fully saturated rings. The van der Waals surface area contributed by atoms with Crippen LogP contribution in [-0.4, -0.2) is 6.04 Å². The topological polar surface area (TPSA) is 12.0 Å². The molecule has 1 nitrogen and oxygen atoms in total. The van der Waals surface area contributed by atoms with E-state index >= 15 is 0 Å². The number of halogens is 3. The standard InChI is InChI=1S/C16H16BrF2N/c1-10-6-15(19)14(17)9-16(10)20-11(2)7-12-4-3-5-13(18)8-12/h3-6,8-9,11,20H,7H2,1-2H3. The van der Waals surface area contributed by atoms with Gasteiger partial charge in [-0.1, -0.05) is 12.1 Å². The summed E-state index contributed by atoms with van der Waals surface area (Å²) in [6.07, 6.45) is 0.701. The van der Waals surface area contributed by atoms with Crippen LogP contribution in [0.2, 0.25) is 0 Å². The first-order valence-electron chi connectivity index (χ1n) is 6.42. The minimum absolute atomic E-state index is 0.118. The van der Waals surface area contributed by atoms with Gasteiger partial charge in [-0.3, -0.25) is 0 Å². The van der Waals surface area contributed by atoms with Crippen LogP contribution in [0.1, 0.15) is 18.1 Å². The second kappa shape index (κ2) is 6.35. The largest absolute Gasteiger partial charge is 0.382 e. The predicted molar refractivity (Wildman–Crippen MR) is 82.0 cm³/mol. The summed E-state index contributed by atoms with van der Waals surface area (Å²) in [7, 11) is 0. The van der Waals surface area contributed by atoms with Gasteiger partial charge in [-0.25, -0.2) is 8.78 Å². The summed E-state index contributed by atoms with van der Waals surface area (Å²) in [5.74, 6) is -0.499. The van der Waals surface area contributed by atoms with Gasteiger partial charge in [-0.15, -0.1) is 0 Å². The Balaban J connectivity index is 2.08. The Morgan fingerprint density at radius 1 is 1.20 bits per heavy atom. The van der Waals surface area contributed by atoms with E-state index in [1.54, 1.807) is 12.1 Å². The number of nitrogens with one attached hydrogen (secondary N) is 1. The Kier molecular flexibility index (Phi) is 4.76. The molecule has 20 heavy (non-hydrogen) atoms. The van der Waals surface area contributed by atoms with Gasteiger partial charge in [0.2, 0.25) is 0 Å². The van der Waals surface area contributed by atoms with Crippen LogP contribution in [0.25, 0.3) is 0 Å². The molecule has 1 unspecified atom stereocenters. The zero-order chi connectivity index (χ0) is 14.7. The Bertz CT molecular complexity index is 613. The summed E-state index contributed by atoms with van der Waals surface area (Å²) >= 11 is 3.18. The van der Waals surface area contributed by atoms with Crippen molar-refractivity contribution in [3.63, 3.8) is 0 Å². The van der Waals surface area contributed by atoms with Gasteiger partial charge in [0.25, 0.3) is 0 Å². The molecule has 0 bridgehead atoms. The molecule has 0 amide bonds. The van der Waals surface area contributed by atoms with E-state index < -0.39 is 0 Å². The maximum atomic E-state index is 13.4. The van der Waals surface area contributed by atoms with Crippen LogP contribution in [0.5, 0.6) is 0 Å². The third-order valence-electron chi connectivity index (χ3n) is 3.10. The van der Waals surface area contributed by atoms with Crippen molar-refractivity contribution in [2.45, 2.75) is 26.3 Å². The van der Waals surface area contributed by atoms with Crippen LogP contribution in [0.3, 0.4) is 0 Å². The summed E-state index contributed by atoms with van der Waals surface area (Å²) < 4.78 is 26.9. The molecule has 2 aromatic carbocycles. The van der Waals surface area contributed by atoms with Crippen molar-refractivity contribution in [1.82, 2.24) is 0 Å². The molecule has 0 aliphatic rings. The van der Waals surface area contributed by atoms with Crippen molar-refractivity contribution in [2.75, 3.05) is 5.32 Å². The third kappa shape index (κ3) is 3.79. The number of rotatable bonds is 4. The normalized spacial score (nSPS) is 12.2. The van der Waals surface area contributed by atoms with Gasteiger partial charge in [-0.2, -0.15) is 0 Å². The van der Waals surface area contributed by atoms with E-state index in [1.165, 1.54) is 18.2 Å². The molecule has 2 rings (SSSR count). The van der Waals surface area contributed by atoms with E-state index in [1.807, 2.05) is 19.9 Å². The third-order valence-corrected chi connectivity index (χ3v) is 3.71. The van der Waals surface area contributed by atoms with E-state index in [-0.39, 0.29) is 17.7 Å². The number of hydrogen-bond donors (Lipinski definition) is 1. The van der Waals surface area contributed by atoms with Crippen molar-refractivity contribution in [1.29, 1.82) is 0 Å². The van der Waals surface area contributed by atoms with Gasteiger partial charge in [-0.05, 0) is 71.6 Å². The first-order chi connectivity index (χ1) is 9.45. The Labute approximate surface area is 126 Å². The molecule has 0 heterocycles. The SMILES string of the molecule is Cc1cc(F)c(Br)cc1NC(C)Cc1cccc(F)c1. The zero-order valence-corrected chi connectivity index (χ0v) is 13.0. The summed E-state index contributed by atoms with van der Waals surface area (Å²) in [5, 5.41) is 3.33. The lowest BCUT2D eigenvalue weighted by Gasteiger charge is -2.17. The highest BCUT2D eigenvalue weighted by molar-refractivity contribution is 9.10. The van der Waals surface area contributed by atoms with Gasteiger partial charge < -0.3 is 5.32 Å². The van der Waals surface area contributed by atoms with Crippen molar-refractivity contribution < 1.29 is 8.78 Å². The average molecular weight is 340 g/mol. The van der Waals surface area contributed by atoms with Gasteiger partial charge >= 0.3 is 0 Å². The van der Waals surface area contributed by atoms with E-state index in [0.717, 1.165) is 16.8 Å². The highest BCUT2D eigenvalue weighted by Gasteiger charge is 2.09. The summed E-state index contributed by atoms with van der Waals surface area (Å²) in [6.45, 7) is 3.87. The Hall–Kier alpha value is -1.42. The number of benzene rings is 2. The maximum Gasteiger partial charge on any atom is 0.137 e. The van der Waals surface area contributed by atoms with E-state index in [2.05, 4.69) is 21.2 Å². The lowest BCUT2D eigenvalue weighted by molar-refractivity contribution is 0.619. The molecule has 0 saturated carbocycles. The molecule has 0 radical (unpaired) electrons. The van der Waals surface area contributed by atoms with E-state index in [9.17, 15) is 8.78 Å². The van der Waals surface area contributed by atoms with Crippen LogP contribution >= 0.6 is 15.9 Å². The second-order valence-electron chi connectivity index (χ2n) is 4.96. The average Bonchev–Trinajstić information content (AvgIpc) is 2.36. The van der Waals surface area contributed by atoms with Crippen LogP contribution < -0.4 is 5.32 Å². The molecule has 106 valence electrons. The lowest BCUT2D eigenvalue weighted by Crippen LogP contribution is -2.18. The Morgan fingerprint density at radius 2 is 1.95 bits per heavy atom. The molecular formula is C16H16BrF2N. The first kappa shape index (κ1) is 15.0. The zero-order valence-electron chi connectivity index (χ0n) is 11.4. The van der Waals surface area contributed by atoms with Gasteiger partial charge in [0.05, 0.1) is 4.47 Å². The Morgan fingerprint density at radius 3 is 2.65 bits per heavy atom. The molecule has 4 heteroatoms. The van der Waals surface area contributed by atoms with Crippen LogP contribution in [-0.2, 0) is 6.42 Å². The molecule has 2 aromatic rings. The van der Waals surface area contributed by atoms with Crippen molar-refractivity contribution >= 4 is 21.6 Å². The van der Waals surface area contributed by atoms with Crippen LogP contribution in [0.4, 0.5) is 14.5 Å². The van der Waals surface area contributed by atoms with Crippen molar-refractivity contribution in [3.05, 3.63) is 63.6 Å². The van der Waals surface area contributed by atoms with E-state index in [4.69, 9.17) is 0 Å². The second-order valence-corrected chi connectivity index (χ2v) is 5.82. The van der Waals surface area contributed by atoms with E-state index in [0.29, 0.717) is 10.9 Å². The number of hydrogen-bond acceptors (Lipinski definition) is 1. The monoisotopic (exact) mass is 339 g/mol. The molecule has 0 spiro atoms. The molecule has 1 N–H and O–H groups in total. The fraction of sp³-hybridized carbons (Fsp3) is 0.250. The first-order valence-corrected chi connectivity index (χ1v) is 7.21. The quantitative estimate of drug-likeness (QED) is 0.819. The molecule has 1 atom stereocenters. The highest BCUT2D eigenvalue weighted by Crippen LogP contribution is 2.25. The molecular weight excluding hydrogens is 324 g/mol. The fourth-order valence-corrected chi connectivity index (χ4v) is 2.48. The summed E-state index contributed by atoms with van der Waals surface area (Å²) in [4.78, 5) is 0. The predicted octanol–water partition coefficient (Wildman–Crippen LogP) is 5.08.